The summed E-state index contributed by atoms with van der Waals surface area (Å²) in [7, 11) is 0. The molecule has 2 aromatic heterocycles. The zero-order valence-corrected chi connectivity index (χ0v) is 33.5. The number of nitrogens with zero attached hydrogens (tertiary/aromatic N) is 3. The molecule has 2 aliphatic rings. The Balaban J connectivity index is 1.02. The van der Waals surface area contributed by atoms with Crippen LogP contribution in [0.2, 0.25) is 0 Å². The molecule has 288 valence electrons. The SMILES string of the molecule is c1ccc(-c2nc(-c3ccccc3-c3ccc4c(c3)oc3ccccc34)nc(-c3ccccc3-c3cccc4c3-c3ccccc3C43c4ccccc4-c4ccccc43)n2)cc1. The lowest BCUT2D eigenvalue weighted by Crippen LogP contribution is -2.25. The van der Waals surface area contributed by atoms with Crippen LogP contribution in [0.1, 0.15) is 22.3 Å². The van der Waals surface area contributed by atoms with E-state index in [4.69, 9.17) is 19.4 Å². The van der Waals surface area contributed by atoms with Crippen LogP contribution >= 0.6 is 0 Å². The number of hydrogen-bond donors (Lipinski definition) is 0. The molecule has 0 atom stereocenters. The van der Waals surface area contributed by atoms with Gasteiger partial charge in [0.05, 0.1) is 5.41 Å². The summed E-state index contributed by atoms with van der Waals surface area (Å²) in [6, 6.07) is 75.5. The summed E-state index contributed by atoms with van der Waals surface area (Å²) < 4.78 is 6.35. The topological polar surface area (TPSA) is 51.8 Å². The number of furan rings is 1. The van der Waals surface area contributed by atoms with Gasteiger partial charge < -0.3 is 4.42 Å². The summed E-state index contributed by atoms with van der Waals surface area (Å²) in [6.07, 6.45) is 0. The molecule has 0 fully saturated rings. The number of rotatable bonds is 5. The van der Waals surface area contributed by atoms with E-state index in [-0.39, 0.29) is 0 Å². The van der Waals surface area contributed by atoms with Crippen LogP contribution in [0.15, 0.2) is 217 Å². The van der Waals surface area contributed by atoms with Crippen LogP contribution < -0.4 is 0 Å². The molecular weight excluding hydrogens is 755 g/mol. The second-order valence-corrected chi connectivity index (χ2v) is 16.2. The monoisotopic (exact) mass is 789 g/mol. The summed E-state index contributed by atoms with van der Waals surface area (Å²) in [5, 5.41) is 2.20. The molecule has 11 aromatic rings. The first-order chi connectivity index (χ1) is 30.8. The largest absolute Gasteiger partial charge is 0.456 e. The fourth-order valence-electron chi connectivity index (χ4n) is 10.4. The number of para-hydroxylation sites is 1. The van der Waals surface area contributed by atoms with Gasteiger partial charge in [0.25, 0.3) is 0 Å². The first kappa shape index (κ1) is 34.6. The second-order valence-electron chi connectivity index (χ2n) is 16.2. The van der Waals surface area contributed by atoms with E-state index >= 15 is 0 Å². The summed E-state index contributed by atoms with van der Waals surface area (Å²) in [5.74, 6) is 1.83. The Hall–Kier alpha value is -8.21. The van der Waals surface area contributed by atoms with Gasteiger partial charge in [-0.3, -0.25) is 0 Å². The minimum Gasteiger partial charge on any atom is -0.456 e. The van der Waals surface area contributed by atoms with Crippen LogP contribution in [0.25, 0.3) is 101 Å². The lowest BCUT2D eigenvalue weighted by molar-refractivity contribution is 0.669. The minimum absolute atomic E-state index is 0.444. The molecule has 9 aromatic carbocycles. The lowest BCUT2D eigenvalue weighted by Gasteiger charge is -2.30. The molecule has 0 saturated carbocycles. The number of fused-ring (bicyclic) bond motifs is 13. The van der Waals surface area contributed by atoms with Gasteiger partial charge in [-0.25, -0.2) is 15.0 Å². The van der Waals surface area contributed by atoms with Crippen molar-refractivity contribution in [3.63, 3.8) is 0 Å². The summed E-state index contributed by atoms with van der Waals surface area (Å²) >= 11 is 0. The zero-order chi connectivity index (χ0) is 40.8. The van der Waals surface area contributed by atoms with E-state index in [9.17, 15) is 0 Å². The molecule has 0 bridgehead atoms. The lowest BCUT2D eigenvalue weighted by atomic mass is 9.70. The molecule has 0 unspecified atom stereocenters. The molecule has 0 radical (unpaired) electrons. The predicted octanol–water partition coefficient (Wildman–Crippen LogP) is 14.4. The highest BCUT2D eigenvalue weighted by atomic mass is 16.3. The van der Waals surface area contributed by atoms with Crippen LogP contribution in [0.5, 0.6) is 0 Å². The van der Waals surface area contributed by atoms with E-state index in [1.807, 2.05) is 30.3 Å². The van der Waals surface area contributed by atoms with E-state index in [0.717, 1.165) is 60.9 Å². The average molecular weight is 790 g/mol. The smallest absolute Gasteiger partial charge is 0.164 e. The maximum Gasteiger partial charge on any atom is 0.164 e. The van der Waals surface area contributed by atoms with Crippen LogP contribution in [0, 0.1) is 0 Å². The van der Waals surface area contributed by atoms with Crippen molar-refractivity contribution in [3.8, 4) is 78.7 Å². The van der Waals surface area contributed by atoms with Gasteiger partial charge in [-0.2, -0.15) is 0 Å². The highest BCUT2D eigenvalue weighted by Gasteiger charge is 2.52. The Labute approximate surface area is 358 Å². The van der Waals surface area contributed by atoms with E-state index in [0.29, 0.717) is 17.5 Å². The van der Waals surface area contributed by atoms with Gasteiger partial charge in [0.2, 0.25) is 0 Å². The maximum absolute atomic E-state index is 6.35. The van der Waals surface area contributed by atoms with Crippen molar-refractivity contribution in [1.82, 2.24) is 15.0 Å². The normalized spacial score (nSPS) is 13.0. The molecule has 2 aliphatic carbocycles. The maximum atomic E-state index is 6.35. The number of hydrogen-bond acceptors (Lipinski definition) is 4. The molecule has 4 heteroatoms. The Morgan fingerprint density at radius 1 is 0.290 bits per heavy atom. The van der Waals surface area contributed by atoms with Gasteiger partial charge in [-0.1, -0.05) is 194 Å². The molecule has 13 rings (SSSR count). The van der Waals surface area contributed by atoms with E-state index in [2.05, 4.69) is 182 Å². The highest BCUT2D eigenvalue weighted by Crippen LogP contribution is 2.64. The molecular formula is C58H35N3O. The summed E-state index contributed by atoms with van der Waals surface area (Å²) in [4.78, 5) is 15.9. The van der Waals surface area contributed by atoms with Crippen molar-refractivity contribution >= 4 is 21.9 Å². The first-order valence-corrected chi connectivity index (χ1v) is 21.1. The third-order valence-electron chi connectivity index (χ3n) is 13.0. The molecule has 1 spiro atoms. The highest BCUT2D eigenvalue weighted by molar-refractivity contribution is 6.06. The van der Waals surface area contributed by atoms with Crippen molar-refractivity contribution < 1.29 is 4.42 Å². The van der Waals surface area contributed by atoms with Crippen LogP contribution in [-0.2, 0) is 5.41 Å². The first-order valence-electron chi connectivity index (χ1n) is 21.1. The van der Waals surface area contributed by atoms with Gasteiger partial charge in [0.15, 0.2) is 17.5 Å². The summed E-state index contributed by atoms with van der Waals surface area (Å²) in [6.45, 7) is 0. The van der Waals surface area contributed by atoms with E-state index in [1.54, 1.807) is 0 Å². The Morgan fingerprint density at radius 2 is 0.774 bits per heavy atom. The van der Waals surface area contributed by atoms with E-state index in [1.165, 1.54) is 44.5 Å². The quantitative estimate of drug-likeness (QED) is 0.174. The standard InChI is InChI=1S/C58H35N3O/c1-2-17-36(18-3-1)55-59-56(45-24-6-4-19-38(45)37-33-34-43-42-23-11-15-32-52(42)62-53(43)35-37)61-57(60-55)46-25-7-5-20-39(46)44-27-16-31-51-54(44)47-26-10-14-30-50(47)58(51)48-28-12-8-21-40(48)41-22-9-13-29-49(41)58/h1-35H. The number of benzene rings is 9. The molecule has 2 heterocycles. The van der Waals surface area contributed by atoms with Crippen molar-refractivity contribution in [2.45, 2.75) is 5.41 Å². The van der Waals surface area contributed by atoms with Crippen LogP contribution in [0.3, 0.4) is 0 Å². The Bertz CT molecular complexity index is 3560. The third kappa shape index (κ3) is 4.92. The summed E-state index contributed by atoms with van der Waals surface area (Å²) in [5.41, 5.74) is 18.6. The van der Waals surface area contributed by atoms with Crippen molar-refractivity contribution in [2.24, 2.45) is 0 Å². The molecule has 62 heavy (non-hydrogen) atoms. The van der Waals surface area contributed by atoms with Crippen LogP contribution in [0.4, 0.5) is 0 Å². The van der Waals surface area contributed by atoms with Gasteiger partial charge in [0, 0.05) is 27.5 Å². The molecule has 0 N–H and O–H groups in total. The molecule has 4 nitrogen and oxygen atoms in total. The fraction of sp³-hybridized carbons (Fsp3) is 0.0172. The van der Waals surface area contributed by atoms with Gasteiger partial charge in [-0.05, 0) is 85.0 Å². The van der Waals surface area contributed by atoms with Crippen molar-refractivity contribution in [2.75, 3.05) is 0 Å². The number of aromatic nitrogens is 3. The zero-order valence-electron chi connectivity index (χ0n) is 33.5. The molecule has 0 amide bonds. The minimum atomic E-state index is -0.444. The van der Waals surface area contributed by atoms with Crippen molar-refractivity contribution in [1.29, 1.82) is 0 Å². The Morgan fingerprint density at radius 3 is 1.48 bits per heavy atom. The van der Waals surface area contributed by atoms with Gasteiger partial charge in [0.1, 0.15) is 11.2 Å². The predicted molar refractivity (Wildman–Crippen MR) is 251 cm³/mol. The van der Waals surface area contributed by atoms with Gasteiger partial charge in [-0.15, -0.1) is 0 Å². The third-order valence-corrected chi connectivity index (χ3v) is 13.0. The van der Waals surface area contributed by atoms with Gasteiger partial charge >= 0.3 is 0 Å². The van der Waals surface area contributed by atoms with Crippen molar-refractivity contribution in [3.05, 3.63) is 235 Å². The molecule has 0 saturated heterocycles. The average Bonchev–Trinajstić information content (AvgIpc) is 3.98. The van der Waals surface area contributed by atoms with E-state index < -0.39 is 5.41 Å². The van der Waals surface area contributed by atoms with Crippen LogP contribution in [-0.4, -0.2) is 15.0 Å². The second kappa shape index (κ2) is 13.4. The Kier molecular flexibility index (Phi) is 7.49. The molecule has 0 aliphatic heterocycles. The fourth-order valence-corrected chi connectivity index (χ4v) is 10.4.